The lowest BCUT2D eigenvalue weighted by molar-refractivity contribution is 0.311. The number of aliphatic hydroxyl groups is 1. The molecule has 0 radical (unpaired) electrons. The molecule has 0 unspecified atom stereocenters. The molecule has 0 aliphatic carbocycles. The Balaban J connectivity index is 2.26. The molecule has 0 spiro atoms. The third-order valence-electron chi connectivity index (χ3n) is 2.89. The van der Waals surface area contributed by atoms with Crippen LogP contribution in [0.4, 0.5) is 11.4 Å². The first-order valence-corrected chi connectivity index (χ1v) is 6.02. The molecule has 0 fully saturated rings. The van der Waals surface area contributed by atoms with Crippen molar-refractivity contribution in [1.82, 2.24) is 0 Å². The van der Waals surface area contributed by atoms with Crippen LogP contribution in [0.3, 0.4) is 0 Å². The van der Waals surface area contributed by atoms with Crippen LogP contribution in [0.15, 0.2) is 42.5 Å². The van der Waals surface area contributed by atoms with Crippen LogP contribution in [-0.2, 0) is 0 Å². The van der Waals surface area contributed by atoms with Crippen LogP contribution < -0.4 is 11.1 Å². The Bertz CT molecular complexity index is 521. The molecule has 2 aromatic carbocycles. The van der Waals surface area contributed by atoms with Crippen molar-refractivity contribution in [2.45, 2.75) is 6.92 Å². The second-order valence-corrected chi connectivity index (χ2v) is 4.30. The first kappa shape index (κ1) is 12.5. The maximum absolute atomic E-state index is 8.78. The summed E-state index contributed by atoms with van der Waals surface area (Å²) >= 11 is 0. The van der Waals surface area contributed by atoms with E-state index < -0.39 is 0 Å². The fraction of sp³-hybridized carbons (Fsp3) is 0.200. The van der Waals surface area contributed by atoms with Crippen LogP contribution in [0.5, 0.6) is 0 Å². The highest BCUT2D eigenvalue weighted by Crippen LogP contribution is 2.26. The molecule has 0 heterocycles. The number of aliphatic hydroxyl groups excluding tert-OH is 1. The summed E-state index contributed by atoms with van der Waals surface area (Å²) in [6.45, 7) is 2.79. The van der Waals surface area contributed by atoms with E-state index in [9.17, 15) is 0 Å². The number of rotatable bonds is 4. The SMILES string of the molecule is Cc1cc(NCCO)ccc1-c1ccc(N)cc1. The summed E-state index contributed by atoms with van der Waals surface area (Å²) in [6.07, 6.45) is 0. The van der Waals surface area contributed by atoms with Crippen molar-refractivity contribution in [3.63, 3.8) is 0 Å². The second-order valence-electron chi connectivity index (χ2n) is 4.30. The topological polar surface area (TPSA) is 58.3 Å². The van der Waals surface area contributed by atoms with E-state index in [2.05, 4.69) is 24.4 Å². The minimum atomic E-state index is 0.138. The number of nitrogen functional groups attached to an aromatic ring is 1. The molecule has 0 aromatic heterocycles. The summed E-state index contributed by atoms with van der Waals surface area (Å²) in [5, 5.41) is 11.9. The highest BCUT2D eigenvalue weighted by atomic mass is 16.3. The molecule has 2 aromatic rings. The average Bonchev–Trinajstić information content (AvgIpc) is 2.38. The van der Waals surface area contributed by atoms with E-state index in [0.29, 0.717) is 6.54 Å². The zero-order valence-corrected chi connectivity index (χ0v) is 10.5. The van der Waals surface area contributed by atoms with Crippen LogP contribution in [0.25, 0.3) is 11.1 Å². The number of hydrogen-bond acceptors (Lipinski definition) is 3. The maximum Gasteiger partial charge on any atom is 0.0604 e. The fourth-order valence-corrected chi connectivity index (χ4v) is 1.96. The molecule has 94 valence electrons. The van der Waals surface area contributed by atoms with Gasteiger partial charge in [-0.1, -0.05) is 18.2 Å². The predicted molar refractivity (Wildman–Crippen MR) is 76.6 cm³/mol. The zero-order chi connectivity index (χ0) is 13.0. The highest BCUT2D eigenvalue weighted by Gasteiger charge is 2.02. The van der Waals surface area contributed by atoms with E-state index in [1.165, 1.54) is 11.1 Å². The Morgan fingerprint density at radius 1 is 1.11 bits per heavy atom. The number of anilines is 2. The van der Waals surface area contributed by atoms with E-state index in [0.717, 1.165) is 16.9 Å². The van der Waals surface area contributed by atoms with E-state index in [1.807, 2.05) is 30.3 Å². The van der Waals surface area contributed by atoms with E-state index in [-0.39, 0.29) is 6.61 Å². The molecular weight excluding hydrogens is 224 g/mol. The molecule has 0 bridgehead atoms. The quantitative estimate of drug-likeness (QED) is 0.722. The molecule has 0 saturated heterocycles. The van der Waals surface area contributed by atoms with Crippen LogP contribution in [0, 0.1) is 6.92 Å². The van der Waals surface area contributed by atoms with Crippen LogP contribution in [0.2, 0.25) is 0 Å². The van der Waals surface area contributed by atoms with Gasteiger partial charge >= 0.3 is 0 Å². The minimum absolute atomic E-state index is 0.138. The normalized spacial score (nSPS) is 10.3. The van der Waals surface area contributed by atoms with Gasteiger partial charge in [0.15, 0.2) is 0 Å². The number of nitrogens with one attached hydrogen (secondary N) is 1. The van der Waals surface area contributed by atoms with E-state index >= 15 is 0 Å². The van der Waals surface area contributed by atoms with Gasteiger partial charge < -0.3 is 16.2 Å². The van der Waals surface area contributed by atoms with Gasteiger partial charge in [0.05, 0.1) is 6.61 Å². The van der Waals surface area contributed by atoms with Crippen molar-refractivity contribution in [2.24, 2.45) is 0 Å². The van der Waals surface area contributed by atoms with Gasteiger partial charge in [-0.3, -0.25) is 0 Å². The molecule has 2 rings (SSSR count). The van der Waals surface area contributed by atoms with E-state index in [1.54, 1.807) is 0 Å². The largest absolute Gasteiger partial charge is 0.399 e. The summed E-state index contributed by atoms with van der Waals surface area (Å²) in [5.74, 6) is 0. The van der Waals surface area contributed by atoms with Gasteiger partial charge in [0.2, 0.25) is 0 Å². The standard InChI is InChI=1S/C15H18N2O/c1-11-10-14(17-8-9-18)6-7-15(11)12-2-4-13(16)5-3-12/h2-7,10,17-18H,8-9,16H2,1H3. The first-order valence-electron chi connectivity index (χ1n) is 6.02. The van der Waals surface area contributed by atoms with Gasteiger partial charge in [0.1, 0.15) is 0 Å². The molecular formula is C15H18N2O. The Labute approximate surface area is 107 Å². The molecule has 0 aliphatic rings. The molecule has 0 aliphatic heterocycles. The lowest BCUT2D eigenvalue weighted by atomic mass is 10.00. The van der Waals surface area contributed by atoms with Gasteiger partial charge in [-0.2, -0.15) is 0 Å². The molecule has 18 heavy (non-hydrogen) atoms. The lowest BCUT2D eigenvalue weighted by Gasteiger charge is -2.10. The van der Waals surface area contributed by atoms with Crippen molar-refractivity contribution in [1.29, 1.82) is 0 Å². The van der Waals surface area contributed by atoms with Crippen LogP contribution in [0.1, 0.15) is 5.56 Å². The van der Waals surface area contributed by atoms with Gasteiger partial charge in [0.25, 0.3) is 0 Å². The molecule has 0 saturated carbocycles. The second kappa shape index (κ2) is 5.56. The molecule has 0 atom stereocenters. The van der Waals surface area contributed by atoms with Gasteiger partial charge in [0, 0.05) is 17.9 Å². The maximum atomic E-state index is 8.78. The summed E-state index contributed by atoms with van der Waals surface area (Å²) in [4.78, 5) is 0. The summed E-state index contributed by atoms with van der Waals surface area (Å²) < 4.78 is 0. The van der Waals surface area contributed by atoms with Crippen molar-refractivity contribution >= 4 is 11.4 Å². The minimum Gasteiger partial charge on any atom is -0.399 e. The summed E-state index contributed by atoms with van der Waals surface area (Å²) in [6, 6.07) is 14.1. The van der Waals surface area contributed by atoms with Crippen molar-refractivity contribution in [3.8, 4) is 11.1 Å². The van der Waals surface area contributed by atoms with E-state index in [4.69, 9.17) is 10.8 Å². The zero-order valence-electron chi connectivity index (χ0n) is 10.5. The number of hydrogen-bond donors (Lipinski definition) is 3. The van der Waals surface area contributed by atoms with Gasteiger partial charge in [-0.25, -0.2) is 0 Å². The Morgan fingerprint density at radius 2 is 1.83 bits per heavy atom. The molecule has 0 amide bonds. The van der Waals surface area contributed by atoms with Crippen molar-refractivity contribution < 1.29 is 5.11 Å². The number of aryl methyl sites for hydroxylation is 1. The summed E-state index contributed by atoms with van der Waals surface area (Å²) in [5.41, 5.74) is 11.1. The number of nitrogens with two attached hydrogens (primary N) is 1. The highest BCUT2D eigenvalue weighted by molar-refractivity contribution is 5.71. The van der Waals surface area contributed by atoms with Gasteiger partial charge in [-0.05, 0) is 47.9 Å². The third-order valence-corrected chi connectivity index (χ3v) is 2.89. The first-order chi connectivity index (χ1) is 8.70. The Kier molecular flexibility index (Phi) is 3.85. The smallest absolute Gasteiger partial charge is 0.0604 e. The van der Waals surface area contributed by atoms with Crippen molar-refractivity contribution in [3.05, 3.63) is 48.0 Å². The molecule has 4 N–H and O–H groups in total. The van der Waals surface area contributed by atoms with Crippen molar-refractivity contribution in [2.75, 3.05) is 24.2 Å². The number of benzene rings is 2. The summed E-state index contributed by atoms with van der Waals surface area (Å²) in [7, 11) is 0. The Morgan fingerprint density at radius 3 is 2.44 bits per heavy atom. The third kappa shape index (κ3) is 2.81. The average molecular weight is 242 g/mol. The van der Waals surface area contributed by atoms with Gasteiger partial charge in [-0.15, -0.1) is 0 Å². The predicted octanol–water partition coefficient (Wildman–Crippen LogP) is 2.65. The van der Waals surface area contributed by atoms with Crippen LogP contribution >= 0.6 is 0 Å². The molecule has 3 heteroatoms. The monoisotopic (exact) mass is 242 g/mol. The fourth-order valence-electron chi connectivity index (χ4n) is 1.96. The lowest BCUT2D eigenvalue weighted by Crippen LogP contribution is -2.05. The molecule has 3 nitrogen and oxygen atoms in total. The Hall–Kier alpha value is -2.00. The van der Waals surface area contributed by atoms with Crippen LogP contribution in [-0.4, -0.2) is 18.3 Å².